The molecule has 0 aromatic heterocycles. The molecule has 0 aromatic rings. The van der Waals surface area contributed by atoms with Crippen molar-refractivity contribution in [2.24, 2.45) is 5.73 Å². The van der Waals surface area contributed by atoms with Crippen molar-refractivity contribution in [1.29, 1.82) is 0 Å². The molecule has 1 aliphatic rings. The summed E-state index contributed by atoms with van der Waals surface area (Å²) >= 11 is 1.52. The summed E-state index contributed by atoms with van der Waals surface area (Å²) in [4.78, 5) is 10.3. The van der Waals surface area contributed by atoms with Gasteiger partial charge in [-0.05, 0) is 0 Å². The van der Waals surface area contributed by atoms with Crippen LogP contribution in [0.3, 0.4) is 0 Å². The molecule has 0 radical (unpaired) electrons. The van der Waals surface area contributed by atoms with Crippen molar-refractivity contribution in [2.45, 2.75) is 6.04 Å². The summed E-state index contributed by atoms with van der Waals surface area (Å²) in [6.45, 7) is 0.539. The van der Waals surface area contributed by atoms with Crippen molar-refractivity contribution in [3.8, 4) is 0 Å². The first-order valence-corrected chi connectivity index (χ1v) is 4.19. The van der Waals surface area contributed by atoms with Crippen LogP contribution in [-0.4, -0.2) is 29.5 Å². The Morgan fingerprint density at radius 2 is 2.64 bits per heavy atom. The van der Waals surface area contributed by atoms with Gasteiger partial charge >= 0.3 is 5.97 Å². The second-order valence-corrected chi connectivity index (χ2v) is 3.03. The lowest BCUT2D eigenvalue weighted by molar-refractivity contribution is -0.138. The molecule has 0 saturated heterocycles. The van der Waals surface area contributed by atoms with Crippen LogP contribution in [0, 0.1) is 0 Å². The van der Waals surface area contributed by atoms with Gasteiger partial charge in [0.1, 0.15) is 5.76 Å². The molecule has 1 heterocycles. The molecule has 5 heteroatoms. The number of carbonyl (C=O) groups is 1. The number of carboxylic acid groups (broad SMARTS) is 1. The van der Waals surface area contributed by atoms with E-state index in [2.05, 4.69) is 0 Å². The third-order valence-electron chi connectivity index (χ3n) is 1.24. The Morgan fingerprint density at radius 3 is 3.09 bits per heavy atom. The zero-order valence-electron chi connectivity index (χ0n) is 5.82. The smallest absolute Gasteiger partial charge is 0.328 e. The molecule has 1 rings (SSSR count). The summed E-state index contributed by atoms with van der Waals surface area (Å²) in [5.41, 5.74) is 5.29. The van der Waals surface area contributed by atoms with Gasteiger partial charge in [-0.2, -0.15) is 0 Å². The molecule has 3 N–H and O–H groups in total. The molecule has 0 spiro atoms. The fraction of sp³-hybridized carbons (Fsp3) is 0.500. The van der Waals surface area contributed by atoms with E-state index < -0.39 is 12.0 Å². The van der Waals surface area contributed by atoms with Gasteiger partial charge in [-0.1, -0.05) is 0 Å². The van der Waals surface area contributed by atoms with Crippen molar-refractivity contribution in [2.75, 3.05) is 12.4 Å². The highest BCUT2D eigenvalue weighted by atomic mass is 32.2. The van der Waals surface area contributed by atoms with Gasteiger partial charge in [-0.3, -0.25) is 4.79 Å². The van der Waals surface area contributed by atoms with Crippen LogP contribution in [0.5, 0.6) is 0 Å². The van der Waals surface area contributed by atoms with E-state index in [0.717, 1.165) is 5.75 Å². The largest absolute Gasteiger partial charge is 0.494 e. The lowest BCUT2D eigenvalue weighted by Crippen LogP contribution is -2.34. The van der Waals surface area contributed by atoms with Gasteiger partial charge < -0.3 is 15.6 Å². The maximum absolute atomic E-state index is 10.3. The van der Waals surface area contributed by atoms with Gasteiger partial charge in [0.15, 0.2) is 6.04 Å². The minimum Gasteiger partial charge on any atom is -0.494 e. The molecule has 11 heavy (non-hydrogen) atoms. The van der Waals surface area contributed by atoms with Crippen LogP contribution >= 0.6 is 11.8 Å². The molecule has 0 bridgehead atoms. The second kappa shape index (κ2) is 3.64. The van der Waals surface area contributed by atoms with E-state index in [9.17, 15) is 4.79 Å². The SMILES string of the molecule is NC(C(=O)O)C1=CSCCO1. The molecule has 0 fully saturated rings. The van der Waals surface area contributed by atoms with E-state index in [1.165, 1.54) is 11.8 Å². The normalized spacial score (nSPS) is 19.9. The first kappa shape index (κ1) is 8.42. The summed E-state index contributed by atoms with van der Waals surface area (Å²) in [6, 6.07) is -1.01. The van der Waals surface area contributed by atoms with Crippen LogP contribution in [-0.2, 0) is 9.53 Å². The second-order valence-electron chi connectivity index (χ2n) is 2.06. The average Bonchev–Trinajstić information content (AvgIpc) is 2.05. The molecular weight excluding hydrogens is 166 g/mol. The minimum absolute atomic E-state index is 0.355. The van der Waals surface area contributed by atoms with Gasteiger partial charge in [0.2, 0.25) is 0 Å². The van der Waals surface area contributed by atoms with E-state index in [1.54, 1.807) is 5.41 Å². The predicted octanol–water partition coefficient (Wildman–Crippen LogP) is 0.00310. The Bertz CT molecular complexity index is 192. The van der Waals surface area contributed by atoms with Crippen LogP contribution in [0.15, 0.2) is 11.2 Å². The van der Waals surface area contributed by atoms with Crippen LogP contribution in [0.4, 0.5) is 0 Å². The number of hydrogen-bond donors (Lipinski definition) is 2. The van der Waals surface area contributed by atoms with Gasteiger partial charge in [-0.15, -0.1) is 11.8 Å². The first-order valence-electron chi connectivity index (χ1n) is 3.14. The zero-order chi connectivity index (χ0) is 8.27. The number of carboxylic acids is 1. The van der Waals surface area contributed by atoms with E-state index in [1.807, 2.05) is 0 Å². The Hall–Kier alpha value is -0.680. The van der Waals surface area contributed by atoms with Crippen molar-refractivity contribution >= 4 is 17.7 Å². The fourth-order valence-corrected chi connectivity index (χ4v) is 1.34. The Balaban J connectivity index is 2.58. The average molecular weight is 175 g/mol. The molecule has 0 amide bonds. The van der Waals surface area contributed by atoms with Crippen molar-refractivity contribution < 1.29 is 14.6 Å². The van der Waals surface area contributed by atoms with E-state index >= 15 is 0 Å². The van der Waals surface area contributed by atoms with E-state index in [4.69, 9.17) is 15.6 Å². The summed E-state index contributed by atoms with van der Waals surface area (Å²) in [6.07, 6.45) is 0. The predicted molar refractivity (Wildman–Crippen MR) is 42.1 cm³/mol. The Kier molecular flexibility index (Phi) is 2.78. The molecule has 0 aliphatic carbocycles. The van der Waals surface area contributed by atoms with Crippen LogP contribution in [0.2, 0.25) is 0 Å². The number of nitrogens with two attached hydrogens (primary N) is 1. The quantitative estimate of drug-likeness (QED) is 0.618. The van der Waals surface area contributed by atoms with Gasteiger partial charge in [0.05, 0.1) is 6.61 Å². The van der Waals surface area contributed by atoms with Crippen LogP contribution in [0.25, 0.3) is 0 Å². The van der Waals surface area contributed by atoms with Gasteiger partial charge in [0.25, 0.3) is 0 Å². The first-order chi connectivity index (χ1) is 5.22. The standard InChI is InChI=1S/C6H9NO3S/c7-5(6(8)9)4-3-11-2-1-10-4/h3,5H,1-2,7H2,(H,8,9). The summed E-state index contributed by atoms with van der Waals surface area (Å²) < 4.78 is 5.04. The molecule has 1 unspecified atom stereocenters. The molecule has 1 atom stereocenters. The maximum atomic E-state index is 10.3. The molecule has 1 aliphatic heterocycles. The highest BCUT2D eigenvalue weighted by molar-refractivity contribution is 8.02. The van der Waals surface area contributed by atoms with Crippen molar-refractivity contribution in [1.82, 2.24) is 0 Å². The third kappa shape index (κ3) is 2.13. The summed E-state index contributed by atoms with van der Waals surface area (Å²) in [7, 11) is 0. The lowest BCUT2D eigenvalue weighted by atomic mass is 10.3. The maximum Gasteiger partial charge on any atom is 0.328 e. The Labute approximate surface area is 68.4 Å². The van der Waals surface area contributed by atoms with Crippen molar-refractivity contribution in [3.05, 3.63) is 11.2 Å². The number of aliphatic carboxylic acids is 1. The van der Waals surface area contributed by atoms with Gasteiger partial charge in [-0.25, -0.2) is 0 Å². The van der Waals surface area contributed by atoms with E-state index in [0.29, 0.717) is 12.4 Å². The molecule has 62 valence electrons. The monoisotopic (exact) mass is 175 g/mol. The molecule has 0 aromatic carbocycles. The Morgan fingerprint density at radius 1 is 1.91 bits per heavy atom. The zero-order valence-corrected chi connectivity index (χ0v) is 6.63. The number of ether oxygens (including phenoxy) is 1. The third-order valence-corrected chi connectivity index (χ3v) is 2.04. The van der Waals surface area contributed by atoms with Gasteiger partial charge in [0, 0.05) is 11.2 Å². The molecule has 0 saturated carbocycles. The highest BCUT2D eigenvalue weighted by Gasteiger charge is 2.20. The highest BCUT2D eigenvalue weighted by Crippen LogP contribution is 2.16. The minimum atomic E-state index is -1.06. The van der Waals surface area contributed by atoms with Crippen LogP contribution in [0.1, 0.15) is 0 Å². The summed E-state index contributed by atoms with van der Waals surface area (Å²) in [5.74, 6) is 0.156. The van der Waals surface area contributed by atoms with Crippen molar-refractivity contribution in [3.63, 3.8) is 0 Å². The van der Waals surface area contributed by atoms with E-state index in [-0.39, 0.29) is 0 Å². The van der Waals surface area contributed by atoms with Crippen LogP contribution < -0.4 is 5.73 Å². The fourth-order valence-electron chi connectivity index (χ4n) is 0.667. The number of thioether (sulfide) groups is 1. The lowest BCUT2D eigenvalue weighted by Gasteiger charge is -2.16. The number of rotatable bonds is 2. The topological polar surface area (TPSA) is 72.6 Å². The molecular formula is C6H9NO3S. The summed E-state index contributed by atoms with van der Waals surface area (Å²) in [5, 5.41) is 10.1. The number of hydrogen-bond acceptors (Lipinski definition) is 4. The molecule has 4 nitrogen and oxygen atoms in total.